The van der Waals surface area contributed by atoms with E-state index in [0.717, 1.165) is 11.6 Å². The fourth-order valence-electron chi connectivity index (χ4n) is 1.58. The SMILES string of the molecule is Cn1ccc(C(=O)Nc2ccc(/C=C/C(=O)O)cc2)n1. The molecule has 0 bridgehead atoms. The first-order valence-corrected chi connectivity index (χ1v) is 5.86. The Morgan fingerprint density at radius 3 is 2.50 bits per heavy atom. The van der Waals surface area contributed by atoms with Crippen LogP contribution in [0.2, 0.25) is 0 Å². The summed E-state index contributed by atoms with van der Waals surface area (Å²) in [7, 11) is 1.74. The van der Waals surface area contributed by atoms with Crippen LogP contribution >= 0.6 is 0 Å². The molecule has 2 aromatic rings. The molecule has 6 nitrogen and oxygen atoms in total. The van der Waals surface area contributed by atoms with Gasteiger partial charge in [0.1, 0.15) is 0 Å². The number of carboxylic acids is 1. The van der Waals surface area contributed by atoms with Gasteiger partial charge in [0.2, 0.25) is 0 Å². The molecular formula is C14H13N3O3. The number of rotatable bonds is 4. The molecule has 0 saturated carbocycles. The predicted octanol–water partition coefficient (Wildman–Crippen LogP) is 1.77. The van der Waals surface area contributed by atoms with Gasteiger partial charge < -0.3 is 10.4 Å². The van der Waals surface area contributed by atoms with Crippen molar-refractivity contribution in [1.82, 2.24) is 9.78 Å². The standard InChI is InChI=1S/C14H13N3O3/c1-17-9-8-12(16-17)14(20)15-11-5-2-10(3-6-11)4-7-13(18)19/h2-9H,1H3,(H,15,20)(H,18,19)/b7-4+. The number of hydrogen-bond acceptors (Lipinski definition) is 3. The molecule has 0 unspecified atom stereocenters. The smallest absolute Gasteiger partial charge is 0.328 e. The maximum absolute atomic E-state index is 11.8. The van der Waals surface area contributed by atoms with Crippen molar-refractivity contribution in [2.24, 2.45) is 7.05 Å². The number of aromatic nitrogens is 2. The molecule has 0 aliphatic carbocycles. The molecule has 0 fully saturated rings. The minimum absolute atomic E-state index is 0.292. The minimum Gasteiger partial charge on any atom is -0.478 e. The van der Waals surface area contributed by atoms with E-state index in [1.165, 1.54) is 6.08 Å². The maximum Gasteiger partial charge on any atom is 0.328 e. The summed E-state index contributed by atoms with van der Waals surface area (Å²) in [6.45, 7) is 0. The Kier molecular flexibility index (Phi) is 3.95. The van der Waals surface area contributed by atoms with Crippen molar-refractivity contribution in [2.45, 2.75) is 0 Å². The largest absolute Gasteiger partial charge is 0.478 e. The molecule has 2 rings (SSSR count). The monoisotopic (exact) mass is 271 g/mol. The van der Waals surface area contributed by atoms with Crippen molar-refractivity contribution in [1.29, 1.82) is 0 Å². The molecule has 0 saturated heterocycles. The van der Waals surface area contributed by atoms with Crippen molar-refractivity contribution >= 4 is 23.6 Å². The van der Waals surface area contributed by atoms with Crippen LogP contribution in [0.15, 0.2) is 42.6 Å². The first kappa shape index (κ1) is 13.5. The number of benzene rings is 1. The molecule has 1 aromatic carbocycles. The Bertz CT molecular complexity index is 657. The average Bonchev–Trinajstić information content (AvgIpc) is 2.85. The number of nitrogens with one attached hydrogen (secondary N) is 1. The van der Waals surface area contributed by atoms with Crippen molar-refractivity contribution in [3.63, 3.8) is 0 Å². The van der Waals surface area contributed by atoms with Gasteiger partial charge in [-0.3, -0.25) is 9.48 Å². The molecule has 0 aliphatic heterocycles. The zero-order valence-corrected chi connectivity index (χ0v) is 10.8. The van der Waals surface area contributed by atoms with Gasteiger partial charge in [-0.05, 0) is 29.8 Å². The molecule has 2 N–H and O–H groups in total. The van der Waals surface area contributed by atoms with Gasteiger partial charge in [-0.25, -0.2) is 4.79 Å². The van der Waals surface area contributed by atoms with E-state index in [4.69, 9.17) is 5.11 Å². The summed E-state index contributed by atoms with van der Waals surface area (Å²) >= 11 is 0. The van der Waals surface area contributed by atoms with E-state index in [2.05, 4.69) is 10.4 Å². The quantitative estimate of drug-likeness (QED) is 0.830. The summed E-state index contributed by atoms with van der Waals surface area (Å²) in [5.74, 6) is -1.29. The Labute approximate surface area is 115 Å². The molecule has 0 aliphatic rings. The van der Waals surface area contributed by atoms with Crippen LogP contribution in [0, 0.1) is 0 Å². The van der Waals surface area contributed by atoms with Crippen molar-refractivity contribution < 1.29 is 14.7 Å². The first-order valence-electron chi connectivity index (χ1n) is 5.86. The average molecular weight is 271 g/mol. The third-order valence-electron chi connectivity index (χ3n) is 2.53. The topological polar surface area (TPSA) is 84.2 Å². The van der Waals surface area contributed by atoms with Gasteiger partial charge in [-0.2, -0.15) is 5.10 Å². The summed E-state index contributed by atoms with van der Waals surface area (Å²) in [4.78, 5) is 22.2. The normalized spacial score (nSPS) is 10.7. The Hall–Kier alpha value is -2.89. The lowest BCUT2D eigenvalue weighted by Crippen LogP contribution is -2.12. The molecule has 20 heavy (non-hydrogen) atoms. The minimum atomic E-state index is -1.00. The van der Waals surface area contributed by atoms with E-state index in [0.29, 0.717) is 11.4 Å². The fourth-order valence-corrected chi connectivity index (χ4v) is 1.58. The Balaban J connectivity index is 2.03. The number of aliphatic carboxylic acids is 1. The van der Waals surface area contributed by atoms with Crippen LogP contribution < -0.4 is 5.32 Å². The maximum atomic E-state index is 11.8. The number of nitrogens with zero attached hydrogens (tertiary/aromatic N) is 2. The van der Waals surface area contributed by atoms with Crippen molar-refractivity contribution in [2.75, 3.05) is 5.32 Å². The summed E-state index contributed by atoms with van der Waals surface area (Å²) in [5.41, 5.74) is 1.69. The van der Waals surface area contributed by atoms with E-state index >= 15 is 0 Å². The molecule has 1 heterocycles. The number of anilines is 1. The van der Waals surface area contributed by atoms with Crippen LogP contribution in [-0.2, 0) is 11.8 Å². The van der Waals surface area contributed by atoms with Crippen LogP contribution in [-0.4, -0.2) is 26.8 Å². The van der Waals surface area contributed by atoms with Crippen LogP contribution in [0.3, 0.4) is 0 Å². The number of aryl methyl sites for hydroxylation is 1. The summed E-state index contributed by atoms with van der Waals surface area (Å²) in [6, 6.07) is 8.45. The lowest BCUT2D eigenvalue weighted by molar-refractivity contribution is -0.131. The molecule has 1 amide bonds. The molecule has 0 spiro atoms. The highest BCUT2D eigenvalue weighted by molar-refractivity contribution is 6.02. The molecular weight excluding hydrogens is 258 g/mol. The molecule has 1 aromatic heterocycles. The second kappa shape index (κ2) is 5.83. The first-order chi connectivity index (χ1) is 9.54. The zero-order valence-electron chi connectivity index (χ0n) is 10.8. The van der Waals surface area contributed by atoms with Gasteiger partial charge in [0.15, 0.2) is 5.69 Å². The van der Waals surface area contributed by atoms with Crippen molar-refractivity contribution in [3.05, 3.63) is 53.9 Å². The number of carbonyl (C=O) groups is 2. The predicted molar refractivity (Wildman–Crippen MR) is 74.3 cm³/mol. The van der Waals surface area contributed by atoms with E-state index in [1.54, 1.807) is 48.3 Å². The lowest BCUT2D eigenvalue weighted by atomic mass is 10.2. The van der Waals surface area contributed by atoms with E-state index in [1.807, 2.05) is 0 Å². The molecule has 0 atom stereocenters. The lowest BCUT2D eigenvalue weighted by Gasteiger charge is -2.03. The molecule has 6 heteroatoms. The third-order valence-corrected chi connectivity index (χ3v) is 2.53. The highest BCUT2D eigenvalue weighted by Crippen LogP contribution is 2.12. The van der Waals surface area contributed by atoms with Gasteiger partial charge in [0.05, 0.1) is 0 Å². The van der Waals surface area contributed by atoms with Crippen LogP contribution in [0.5, 0.6) is 0 Å². The Morgan fingerprint density at radius 2 is 1.95 bits per heavy atom. The van der Waals surface area contributed by atoms with Gasteiger partial charge in [0, 0.05) is 25.0 Å². The highest BCUT2D eigenvalue weighted by atomic mass is 16.4. The summed E-state index contributed by atoms with van der Waals surface area (Å²) in [5, 5.41) is 15.2. The fraction of sp³-hybridized carbons (Fsp3) is 0.0714. The second-order valence-corrected chi connectivity index (χ2v) is 4.12. The second-order valence-electron chi connectivity index (χ2n) is 4.12. The summed E-state index contributed by atoms with van der Waals surface area (Å²) < 4.78 is 1.55. The zero-order chi connectivity index (χ0) is 14.5. The third kappa shape index (κ3) is 3.55. The number of amides is 1. The van der Waals surface area contributed by atoms with Crippen LogP contribution in [0.4, 0.5) is 5.69 Å². The van der Waals surface area contributed by atoms with Gasteiger partial charge >= 0.3 is 5.97 Å². The van der Waals surface area contributed by atoms with Gasteiger partial charge in [-0.15, -0.1) is 0 Å². The van der Waals surface area contributed by atoms with E-state index < -0.39 is 5.97 Å². The van der Waals surface area contributed by atoms with E-state index in [-0.39, 0.29) is 5.91 Å². The van der Waals surface area contributed by atoms with Crippen LogP contribution in [0.1, 0.15) is 16.1 Å². The van der Waals surface area contributed by atoms with E-state index in [9.17, 15) is 9.59 Å². The molecule has 0 radical (unpaired) electrons. The number of hydrogen-bond donors (Lipinski definition) is 2. The highest BCUT2D eigenvalue weighted by Gasteiger charge is 2.08. The van der Waals surface area contributed by atoms with Crippen LogP contribution in [0.25, 0.3) is 6.08 Å². The number of carboxylic acid groups (broad SMARTS) is 1. The molecule has 102 valence electrons. The van der Waals surface area contributed by atoms with Gasteiger partial charge in [0.25, 0.3) is 5.91 Å². The number of carbonyl (C=O) groups excluding carboxylic acids is 1. The van der Waals surface area contributed by atoms with Gasteiger partial charge in [-0.1, -0.05) is 12.1 Å². The Morgan fingerprint density at radius 1 is 1.25 bits per heavy atom. The van der Waals surface area contributed by atoms with Crippen molar-refractivity contribution in [3.8, 4) is 0 Å². The summed E-state index contributed by atoms with van der Waals surface area (Å²) in [6.07, 6.45) is 4.23.